The van der Waals surface area contributed by atoms with Gasteiger partial charge in [-0.25, -0.2) is 9.78 Å². The van der Waals surface area contributed by atoms with Crippen LogP contribution in [0.5, 0.6) is 0 Å². The summed E-state index contributed by atoms with van der Waals surface area (Å²) in [7, 11) is 0. The lowest BCUT2D eigenvalue weighted by Gasteiger charge is -2.06. The molecule has 0 bridgehead atoms. The van der Waals surface area contributed by atoms with Gasteiger partial charge in [0.05, 0.1) is 5.56 Å². The summed E-state index contributed by atoms with van der Waals surface area (Å²) in [4.78, 5) is 26.3. The Labute approximate surface area is 122 Å². The third-order valence-corrected chi connectivity index (χ3v) is 3.03. The molecule has 0 saturated heterocycles. The normalized spacial score (nSPS) is 10.1. The van der Waals surface area contributed by atoms with Crippen LogP contribution in [0.25, 0.3) is 0 Å². The maximum Gasteiger partial charge on any atom is 0.354 e. The largest absolute Gasteiger partial charge is 0.477 e. The zero-order chi connectivity index (χ0) is 15.2. The van der Waals surface area contributed by atoms with Crippen molar-refractivity contribution in [2.75, 3.05) is 6.54 Å². The van der Waals surface area contributed by atoms with Crippen LogP contribution in [0.4, 0.5) is 0 Å². The number of hydrogen-bond donors (Lipinski definition) is 2. The third-order valence-electron chi connectivity index (χ3n) is 3.03. The van der Waals surface area contributed by atoms with Crippen LogP contribution in [-0.2, 0) is 6.42 Å². The van der Waals surface area contributed by atoms with E-state index in [2.05, 4.69) is 16.4 Å². The lowest BCUT2D eigenvalue weighted by atomic mass is 10.1. The van der Waals surface area contributed by atoms with Gasteiger partial charge in [-0.15, -0.1) is 0 Å². The van der Waals surface area contributed by atoms with Gasteiger partial charge >= 0.3 is 5.97 Å². The van der Waals surface area contributed by atoms with E-state index in [1.54, 1.807) is 0 Å². The summed E-state index contributed by atoms with van der Waals surface area (Å²) in [5.41, 5.74) is 2.62. The summed E-state index contributed by atoms with van der Waals surface area (Å²) >= 11 is 0. The maximum atomic E-state index is 11.9. The minimum absolute atomic E-state index is 0.0775. The number of benzene rings is 1. The Morgan fingerprint density at radius 2 is 2.05 bits per heavy atom. The molecule has 108 valence electrons. The zero-order valence-corrected chi connectivity index (χ0v) is 11.7. The molecule has 0 aliphatic rings. The number of aryl methyl sites for hydroxylation is 1. The zero-order valence-electron chi connectivity index (χ0n) is 11.7. The standard InChI is InChI=1S/C16H16N2O3/c1-11-3-2-4-12(9-11)7-8-17-15(19)13-5-6-14(16(20)21)18-10-13/h2-6,9-10H,7-8H2,1H3,(H,17,19)(H,20,21). The molecule has 5 nitrogen and oxygen atoms in total. The van der Waals surface area contributed by atoms with Crippen LogP contribution in [0.3, 0.4) is 0 Å². The molecule has 0 atom stereocenters. The van der Waals surface area contributed by atoms with Crippen molar-refractivity contribution in [3.63, 3.8) is 0 Å². The number of amides is 1. The molecule has 1 aromatic heterocycles. The predicted molar refractivity (Wildman–Crippen MR) is 78.4 cm³/mol. The van der Waals surface area contributed by atoms with E-state index in [0.29, 0.717) is 12.1 Å². The second-order valence-corrected chi connectivity index (χ2v) is 4.73. The van der Waals surface area contributed by atoms with E-state index in [9.17, 15) is 9.59 Å². The Morgan fingerprint density at radius 3 is 2.67 bits per heavy atom. The summed E-state index contributed by atoms with van der Waals surface area (Å²) in [6.45, 7) is 2.54. The molecule has 2 rings (SSSR count). The first kappa shape index (κ1) is 14.7. The molecular weight excluding hydrogens is 268 g/mol. The summed E-state index contributed by atoms with van der Waals surface area (Å²) in [6.07, 6.45) is 2.01. The lowest BCUT2D eigenvalue weighted by molar-refractivity contribution is 0.0689. The maximum absolute atomic E-state index is 11.9. The number of pyridine rings is 1. The van der Waals surface area contributed by atoms with E-state index < -0.39 is 5.97 Å². The summed E-state index contributed by atoms with van der Waals surface area (Å²) in [5, 5.41) is 11.5. The molecule has 2 N–H and O–H groups in total. The molecule has 1 amide bonds. The number of aromatic nitrogens is 1. The predicted octanol–water partition coefficient (Wildman–Crippen LogP) is 2.06. The first-order chi connectivity index (χ1) is 10.1. The van der Waals surface area contributed by atoms with Crippen LogP contribution in [0.1, 0.15) is 32.0 Å². The Hall–Kier alpha value is -2.69. The van der Waals surface area contributed by atoms with Gasteiger partial charge in [0, 0.05) is 12.7 Å². The van der Waals surface area contributed by atoms with Crippen LogP contribution in [0.15, 0.2) is 42.6 Å². The fourth-order valence-corrected chi connectivity index (χ4v) is 1.94. The highest BCUT2D eigenvalue weighted by Gasteiger charge is 2.08. The molecule has 0 spiro atoms. The summed E-state index contributed by atoms with van der Waals surface area (Å²) < 4.78 is 0. The van der Waals surface area contributed by atoms with Crippen molar-refractivity contribution in [3.8, 4) is 0 Å². The minimum Gasteiger partial charge on any atom is -0.477 e. The second kappa shape index (κ2) is 6.65. The lowest BCUT2D eigenvalue weighted by Crippen LogP contribution is -2.25. The topological polar surface area (TPSA) is 79.3 Å². The highest BCUT2D eigenvalue weighted by Crippen LogP contribution is 2.04. The Balaban J connectivity index is 1.88. The monoisotopic (exact) mass is 284 g/mol. The van der Waals surface area contributed by atoms with Crippen LogP contribution in [-0.4, -0.2) is 28.5 Å². The van der Waals surface area contributed by atoms with Crippen molar-refractivity contribution >= 4 is 11.9 Å². The van der Waals surface area contributed by atoms with Crippen molar-refractivity contribution in [2.45, 2.75) is 13.3 Å². The molecule has 0 aliphatic heterocycles. The summed E-state index contributed by atoms with van der Waals surface area (Å²) in [6, 6.07) is 10.9. The van der Waals surface area contributed by atoms with Gasteiger partial charge in [0.15, 0.2) is 0 Å². The molecule has 0 unspecified atom stereocenters. The first-order valence-corrected chi connectivity index (χ1v) is 6.59. The summed E-state index contributed by atoms with van der Waals surface area (Å²) in [5.74, 6) is -1.37. The van der Waals surface area contributed by atoms with Gasteiger partial charge < -0.3 is 10.4 Å². The van der Waals surface area contributed by atoms with E-state index in [0.717, 1.165) is 12.0 Å². The van der Waals surface area contributed by atoms with Crippen molar-refractivity contribution < 1.29 is 14.7 Å². The van der Waals surface area contributed by atoms with E-state index in [4.69, 9.17) is 5.11 Å². The number of nitrogens with one attached hydrogen (secondary N) is 1. The smallest absolute Gasteiger partial charge is 0.354 e. The molecular formula is C16H16N2O3. The molecule has 1 aromatic carbocycles. The van der Waals surface area contributed by atoms with Crippen molar-refractivity contribution in [2.24, 2.45) is 0 Å². The number of aromatic carboxylic acids is 1. The molecule has 2 aromatic rings. The van der Waals surface area contributed by atoms with E-state index in [1.165, 1.54) is 23.9 Å². The SMILES string of the molecule is Cc1cccc(CCNC(=O)c2ccc(C(=O)O)nc2)c1. The van der Waals surface area contributed by atoms with E-state index >= 15 is 0 Å². The number of carbonyl (C=O) groups excluding carboxylic acids is 1. The van der Waals surface area contributed by atoms with Crippen LogP contribution in [0, 0.1) is 6.92 Å². The van der Waals surface area contributed by atoms with Crippen molar-refractivity contribution in [1.29, 1.82) is 0 Å². The molecule has 5 heteroatoms. The van der Waals surface area contributed by atoms with Crippen LogP contribution in [0.2, 0.25) is 0 Å². The van der Waals surface area contributed by atoms with Crippen LogP contribution < -0.4 is 5.32 Å². The van der Waals surface area contributed by atoms with E-state index in [-0.39, 0.29) is 11.6 Å². The molecule has 0 aliphatic carbocycles. The van der Waals surface area contributed by atoms with Crippen molar-refractivity contribution in [1.82, 2.24) is 10.3 Å². The van der Waals surface area contributed by atoms with Gasteiger partial charge in [-0.3, -0.25) is 4.79 Å². The van der Waals surface area contributed by atoms with Gasteiger partial charge in [-0.2, -0.15) is 0 Å². The Morgan fingerprint density at radius 1 is 1.24 bits per heavy atom. The van der Waals surface area contributed by atoms with Gasteiger partial charge in [0.25, 0.3) is 5.91 Å². The number of hydrogen-bond acceptors (Lipinski definition) is 3. The number of carboxylic acid groups (broad SMARTS) is 1. The van der Waals surface area contributed by atoms with Gasteiger partial charge in [0.2, 0.25) is 0 Å². The quantitative estimate of drug-likeness (QED) is 0.880. The van der Waals surface area contributed by atoms with Crippen LogP contribution >= 0.6 is 0 Å². The fraction of sp³-hybridized carbons (Fsp3) is 0.188. The fourth-order valence-electron chi connectivity index (χ4n) is 1.94. The number of carboxylic acids is 1. The van der Waals surface area contributed by atoms with Gasteiger partial charge in [-0.05, 0) is 31.0 Å². The number of carbonyl (C=O) groups is 2. The third kappa shape index (κ3) is 4.14. The number of rotatable bonds is 5. The molecule has 0 radical (unpaired) electrons. The van der Waals surface area contributed by atoms with E-state index in [1.807, 2.05) is 25.1 Å². The average Bonchev–Trinajstić information content (AvgIpc) is 2.47. The highest BCUT2D eigenvalue weighted by atomic mass is 16.4. The Kier molecular flexibility index (Phi) is 4.66. The molecule has 21 heavy (non-hydrogen) atoms. The highest BCUT2D eigenvalue weighted by molar-refractivity contribution is 5.94. The second-order valence-electron chi connectivity index (χ2n) is 4.73. The van der Waals surface area contributed by atoms with Crippen molar-refractivity contribution in [3.05, 3.63) is 65.0 Å². The molecule has 0 saturated carbocycles. The number of nitrogens with zero attached hydrogens (tertiary/aromatic N) is 1. The Bertz CT molecular complexity index is 651. The van der Waals surface area contributed by atoms with Gasteiger partial charge in [0.1, 0.15) is 5.69 Å². The average molecular weight is 284 g/mol. The minimum atomic E-state index is -1.11. The van der Waals surface area contributed by atoms with Gasteiger partial charge in [-0.1, -0.05) is 29.8 Å². The first-order valence-electron chi connectivity index (χ1n) is 6.59. The molecule has 0 fully saturated rings. The molecule has 1 heterocycles.